The normalized spacial score (nSPS) is 18.1. The van der Waals surface area contributed by atoms with Gasteiger partial charge in [0.1, 0.15) is 5.82 Å². The van der Waals surface area contributed by atoms with Gasteiger partial charge in [0, 0.05) is 65.1 Å². The third kappa shape index (κ3) is 6.00. The van der Waals surface area contributed by atoms with E-state index in [4.69, 9.17) is 0 Å². The summed E-state index contributed by atoms with van der Waals surface area (Å²) < 4.78 is 0. The number of likely N-dealkylation sites (N-methyl/N-ethyl adjacent to an activating group) is 2. The van der Waals surface area contributed by atoms with Gasteiger partial charge in [-0.3, -0.25) is 14.5 Å². The van der Waals surface area contributed by atoms with Gasteiger partial charge in [-0.25, -0.2) is 4.98 Å². The van der Waals surface area contributed by atoms with Crippen molar-refractivity contribution in [2.75, 3.05) is 70.8 Å². The van der Waals surface area contributed by atoms with Crippen LogP contribution >= 0.6 is 0 Å². The van der Waals surface area contributed by atoms with Crippen LogP contribution in [0.1, 0.15) is 40.1 Å². The quantitative estimate of drug-likeness (QED) is 0.678. The summed E-state index contributed by atoms with van der Waals surface area (Å²) in [4.78, 5) is 39.7. The van der Waals surface area contributed by atoms with E-state index in [-0.39, 0.29) is 11.8 Å². The van der Waals surface area contributed by atoms with Gasteiger partial charge in [-0.05, 0) is 36.9 Å². The lowest BCUT2D eigenvalue weighted by Gasteiger charge is -2.34. The lowest BCUT2D eigenvalue weighted by Crippen LogP contribution is -2.48. The molecule has 2 aromatic rings. The topological polar surface area (TPSA) is 72.0 Å². The maximum absolute atomic E-state index is 13.1. The number of rotatable bonds is 7. The van der Waals surface area contributed by atoms with Gasteiger partial charge in [0.05, 0.1) is 11.1 Å². The van der Waals surface area contributed by atoms with Gasteiger partial charge in [-0.1, -0.05) is 32.0 Å². The second-order valence-corrected chi connectivity index (χ2v) is 8.99. The third-order valence-electron chi connectivity index (χ3n) is 6.89. The van der Waals surface area contributed by atoms with Crippen LogP contribution in [0.15, 0.2) is 42.6 Å². The fourth-order valence-corrected chi connectivity index (χ4v) is 4.60. The molecule has 0 unspecified atom stereocenters. The molecule has 0 radical (unpaired) electrons. The van der Waals surface area contributed by atoms with Crippen LogP contribution in [-0.2, 0) is 6.54 Å². The number of nitrogens with one attached hydrogen (secondary N) is 1. The molecule has 2 fully saturated rings. The summed E-state index contributed by atoms with van der Waals surface area (Å²) in [5, 5.41) is 2.87. The second kappa shape index (κ2) is 11.6. The summed E-state index contributed by atoms with van der Waals surface area (Å²) in [5.41, 5.74) is 1.95. The molecule has 3 heterocycles. The smallest absolute Gasteiger partial charge is 0.257 e. The van der Waals surface area contributed by atoms with Gasteiger partial charge in [0.2, 0.25) is 0 Å². The predicted octanol–water partition coefficient (Wildman–Crippen LogP) is 2.25. The van der Waals surface area contributed by atoms with Crippen LogP contribution in [-0.4, -0.2) is 102 Å². The average molecular weight is 465 g/mol. The predicted molar refractivity (Wildman–Crippen MR) is 134 cm³/mol. The zero-order valence-corrected chi connectivity index (χ0v) is 20.4. The van der Waals surface area contributed by atoms with E-state index in [0.29, 0.717) is 30.0 Å². The number of carbonyl (C=O) groups is 2. The number of aromatic nitrogens is 1. The highest BCUT2D eigenvalue weighted by Gasteiger charge is 2.25. The van der Waals surface area contributed by atoms with Gasteiger partial charge in [-0.15, -0.1) is 0 Å². The minimum atomic E-state index is -0.313. The number of nitrogens with zero attached hydrogens (tertiary/aromatic N) is 5. The molecule has 2 saturated heterocycles. The van der Waals surface area contributed by atoms with E-state index in [1.165, 1.54) is 0 Å². The summed E-state index contributed by atoms with van der Waals surface area (Å²) >= 11 is 0. The first-order chi connectivity index (χ1) is 16.6. The number of piperazine rings is 2. The van der Waals surface area contributed by atoms with Crippen molar-refractivity contribution in [3.05, 3.63) is 59.3 Å². The van der Waals surface area contributed by atoms with Crippen LogP contribution in [0.25, 0.3) is 0 Å². The zero-order valence-electron chi connectivity index (χ0n) is 20.4. The molecule has 1 aromatic heterocycles. The Kier molecular flexibility index (Phi) is 8.26. The van der Waals surface area contributed by atoms with Gasteiger partial charge >= 0.3 is 0 Å². The SMILES string of the molecule is CCN1CCN(Cc2ccc(NC(=O)c3ccccc3C(=O)N3CCN(CC)CC3)nc2)CC1. The molecule has 4 rings (SSSR count). The number of anilines is 1. The van der Waals surface area contributed by atoms with Crippen molar-refractivity contribution in [3.63, 3.8) is 0 Å². The molecule has 8 nitrogen and oxygen atoms in total. The largest absolute Gasteiger partial charge is 0.336 e. The highest BCUT2D eigenvalue weighted by atomic mass is 16.2. The molecule has 0 bridgehead atoms. The van der Waals surface area contributed by atoms with Crippen molar-refractivity contribution in [2.24, 2.45) is 0 Å². The maximum Gasteiger partial charge on any atom is 0.257 e. The molecule has 0 atom stereocenters. The molecule has 0 spiro atoms. The summed E-state index contributed by atoms with van der Waals surface area (Å²) in [6.07, 6.45) is 1.83. The Bertz CT molecular complexity index is 964. The first kappa shape index (κ1) is 24.3. The Morgan fingerprint density at radius 1 is 0.794 bits per heavy atom. The van der Waals surface area contributed by atoms with E-state index in [1.807, 2.05) is 23.2 Å². The number of benzene rings is 1. The summed E-state index contributed by atoms with van der Waals surface area (Å²) in [6, 6.07) is 10.9. The molecule has 8 heteroatoms. The van der Waals surface area contributed by atoms with E-state index < -0.39 is 0 Å². The van der Waals surface area contributed by atoms with Crippen molar-refractivity contribution in [1.82, 2.24) is 24.6 Å². The molecular weight excluding hydrogens is 428 g/mol. The van der Waals surface area contributed by atoms with Crippen LogP contribution < -0.4 is 5.32 Å². The molecule has 2 aliphatic heterocycles. The number of hydrogen-bond donors (Lipinski definition) is 1. The van der Waals surface area contributed by atoms with Crippen LogP contribution in [0.5, 0.6) is 0 Å². The molecular formula is C26H36N6O2. The highest BCUT2D eigenvalue weighted by molar-refractivity contribution is 6.11. The van der Waals surface area contributed by atoms with Crippen LogP contribution in [0.3, 0.4) is 0 Å². The molecule has 1 aromatic carbocycles. The molecule has 0 saturated carbocycles. The average Bonchev–Trinajstić information content (AvgIpc) is 2.90. The zero-order chi connectivity index (χ0) is 23.9. The van der Waals surface area contributed by atoms with Gasteiger partial charge in [-0.2, -0.15) is 0 Å². The number of carbonyl (C=O) groups excluding carboxylic acids is 2. The molecule has 1 N–H and O–H groups in total. The number of amides is 2. The minimum Gasteiger partial charge on any atom is -0.336 e. The lowest BCUT2D eigenvalue weighted by molar-refractivity contribution is 0.0640. The number of pyridine rings is 1. The van der Waals surface area contributed by atoms with E-state index in [9.17, 15) is 9.59 Å². The van der Waals surface area contributed by atoms with E-state index in [1.54, 1.807) is 24.3 Å². The second-order valence-electron chi connectivity index (χ2n) is 8.99. The highest BCUT2D eigenvalue weighted by Crippen LogP contribution is 2.16. The lowest BCUT2D eigenvalue weighted by atomic mass is 10.0. The van der Waals surface area contributed by atoms with Crippen molar-refractivity contribution < 1.29 is 9.59 Å². The summed E-state index contributed by atoms with van der Waals surface area (Å²) in [6.45, 7) is 14.7. The standard InChI is InChI=1S/C26H36N6O2/c1-3-29-11-13-31(14-12-29)20-21-9-10-24(27-19-21)28-25(33)22-7-5-6-8-23(22)26(34)32-17-15-30(4-2)16-18-32/h5-10,19H,3-4,11-18,20H2,1-2H3,(H,27,28,33). The monoisotopic (exact) mass is 464 g/mol. The molecule has 182 valence electrons. The minimum absolute atomic E-state index is 0.0898. The van der Waals surface area contributed by atoms with Gasteiger partial charge < -0.3 is 20.0 Å². The molecule has 2 amide bonds. The summed E-state index contributed by atoms with van der Waals surface area (Å²) in [5.74, 6) is 0.0865. The molecule has 2 aliphatic rings. The fourth-order valence-electron chi connectivity index (χ4n) is 4.60. The Morgan fingerprint density at radius 3 is 1.97 bits per heavy atom. The first-order valence-corrected chi connectivity index (χ1v) is 12.4. The fraction of sp³-hybridized carbons (Fsp3) is 0.500. The van der Waals surface area contributed by atoms with Crippen LogP contribution in [0.4, 0.5) is 5.82 Å². The van der Waals surface area contributed by atoms with Gasteiger partial charge in [0.15, 0.2) is 0 Å². The van der Waals surface area contributed by atoms with Crippen molar-refractivity contribution in [1.29, 1.82) is 0 Å². The Morgan fingerprint density at radius 2 is 1.38 bits per heavy atom. The van der Waals surface area contributed by atoms with Crippen molar-refractivity contribution in [3.8, 4) is 0 Å². The Balaban J connectivity index is 1.36. The van der Waals surface area contributed by atoms with E-state index in [0.717, 1.165) is 64.5 Å². The Hall–Kier alpha value is -2.81. The van der Waals surface area contributed by atoms with Crippen LogP contribution in [0, 0.1) is 0 Å². The van der Waals surface area contributed by atoms with E-state index >= 15 is 0 Å². The van der Waals surface area contributed by atoms with Crippen molar-refractivity contribution >= 4 is 17.6 Å². The number of hydrogen-bond acceptors (Lipinski definition) is 6. The first-order valence-electron chi connectivity index (χ1n) is 12.4. The third-order valence-corrected chi connectivity index (χ3v) is 6.89. The Labute approximate surface area is 202 Å². The van der Waals surface area contributed by atoms with E-state index in [2.05, 4.69) is 38.8 Å². The van der Waals surface area contributed by atoms with Gasteiger partial charge in [0.25, 0.3) is 11.8 Å². The maximum atomic E-state index is 13.1. The summed E-state index contributed by atoms with van der Waals surface area (Å²) in [7, 11) is 0. The molecule has 34 heavy (non-hydrogen) atoms. The van der Waals surface area contributed by atoms with Crippen molar-refractivity contribution in [2.45, 2.75) is 20.4 Å². The van der Waals surface area contributed by atoms with Crippen LogP contribution in [0.2, 0.25) is 0 Å². The molecule has 0 aliphatic carbocycles.